The van der Waals surface area contributed by atoms with Gasteiger partial charge in [0.15, 0.2) is 0 Å². The van der Waals surface area contributed by atoms with Gasteiger partial charge in [-0.25, -0.2) is 0 Å². The van der Waals surface area contributed by atoms with Crippen molar-refractivity contribution in [3.05, 3.63) is 35.2 Å². The van der Waals surface area contributed by atoms with Gasteiger partial charge in [0.05, 0.1) is 0 Å². The van der Waals surface area contributed by atoms with Crippen molar-refractivity contribution in [2.45, 2.75) is 44.8 Å². The summed E-state index contributed by atoms with van der Waals surface area (Å²) in [4.78, 5) is 1.08. The van der Waals surface area contributed by atoms with Crippen molar-refractivity contribution < 1.29 is 5.11 Å². The van der Waals surface area contributed by atoms with Crippen molar-refractivity contribution >= 4 is 21.4 Å². The second-order valence-electron chi connectivity index (χ2n) is 6.10. The van der Waals surface area contributed by atoms with Crippen LogP contribution in [0.25, 0.3) is 10.1 Å². The smallest absolute Gasteiger partial charge is 0.111 e. The summed E-state index contributed by atoms with van der Waals surface area (Å²) in [5.41, 5.74) is -0.780. The van der Waals surface area contributed by atoms with E-state index in [2.05, 4.69) is 42.6 Å². The van der Waals surface area contributed by atoms with Crippen LogP contribution in [0.15, 0.2) is 30.3 Å². The van der Waals surface area contributed by atoms with Crippen LogP contribution in [0.2, 0.25) is 0 Å². The molecule has 2 heterocycles. The van der Waals surface area contributed by atoms with E-state index < -0.39 is 5.60 Å². The van der Waals surface area contributed by atoms with E-state index in [0.717, 1.165) is 23.8 Å². The number of benzene rings is 1. The molecular weight excluding hydrogens is 266 g/mol. The van der Waals surface area contributed by atoms with E-state index in [-0.39, 0.29) is 6.04 Å². The Hall–Kier alpha value is -0.900. The molecule has 3 atom stereocenters. The van der Waals surface area contributed by atoms with Crippen molar-refractivity contribution in [1.29, 1.82) is 0 Å². The first-order chi connectivity index (χ1) is 9.61. The van der Waals surface area contributed by atoms with Gasteiger partial charge in [-0.05, 0) is 49.7 Å². The molecule has 20 heavy (non-hydrogen) atoms. The standard InChI is InChI=1S/C17H23NOS/c1-3-12-8-9-18-15(10-12)17(2,19)16-11-13-6-4-5-7-14(13)20-16/h4-7,11-12,15,18-19H,3,8-10H2,1-2H3. The molecule has 0 bridgehead atoms. The molecule has 1 fully saturated rings. The van der Waals surface area contributed by atoms with E-state index in [1.807, 2.05) is 6.92 Å². The van der Waals surface area contributed by atoms with Gasteiger partial charge in [0.25, 0.3) is 0 Å². The summed E-state index contributed by atoms with van der Waals surface area (Å²) in [5, 5.41) is 15.8. The summed E-state index contributed by atoms with van der Waals surface area (Å²) in [5.74, 6) is 0.738. The summed E-state index contributed by atoms with van der Waals surface area (Å²) < 4.78 is 1.26. The van der Waals surface area contributed by atoms with Crippen LogP contribution in [0.4, 0.5) is 0 Å². The van der Waals surface area contributed by atoms with E-state index in [4.69, 9.17) is 0 Å². The van der Waals surface area contributed by atoms with Gasteiger partial charge in [-0.15, -0.1) is 11.3 Å². The Bertz CT molecular complexity index is 556. The topological polar surface area (TPSA) is 32.3 Å². The maximum Gasteiger partial charge on any atom is 0.111 e. The lowest BCUT2D eigenvalue weighted by molar-refractivity contribution is 0.000142. The summed E-state index contributed by atoms with van der Waals surface area (Å²) in [7, 11) is 0. The molecule has 1 aromatic heterocycles. The van der Waals surface area contributed by atoms with Gasteiger partial charge in [-0.2, -0.15) is 0 Å². The SMILES string of the molecule is CCC1CCNC(C(C)(O)c2cc3ccccc3s2)C1. The number of nitrogens with one attached hydrogen (secondary N) is 1. The molecule has 2 N–H and O–H groups in total. The van der Waals surface area contributed by atoms with Crippen LogP contribution in [0.5, 0.6) is 0 Å². The van der Waals surface area contributed by atoms with E-state index in [0.29, 0.717) is 0 Å². The second-order valence-corrected chi connectivity index (χ2v) is 7.19. The molecule has 0 saturated carbocycles. The van der Waals surface area contributed by atoms with Crippen LogP contribution in [0.3, 0.4) is 0 Å². The van der Waals surface area contributed by atoms with Gasteiger partial charge >= 0.3 is 0 Å². The molecule has 1 saturated heterocycles. The molecule has 3 unspecified atom stereocenters. The van der Waals surface area contributed by atoms with E-state index >= 15 is 0 Å². The van der Waals surface area contributed by atoms with Gasteiger partial charge in [-0.3, -0.25) is 0 Å². The molecule has 3 rings (SSSR count). The average molecular weight is 289 g/mol. The van der Waals surface area contributed by atoms with Gasteiger partial charge in [0.2, 0.25) is 0 Å². The van der Waals surface area contributed by atoms with Crippen molar-refractivity contribution in [3.63, 3.8) is 0 Å². The third-order valence-electron chi connectivity index (χ3n) is 4.69. The lowest BCUT2D eigenvalue weighted by Crippen LogP contribution is -2.50. The lowest BCUT2D eigenvalue weighted by Gasteiger charge is -2.38. The Kier molecular flexibility index (Phi) is 3.85. The number of fused-ring (bicyclic) bond motifs is 1. The fraction of sp³-hybridized carbons (Fsp3) is 0.529. The Morgan fingerprint density at radius 2 is 2.20 bits per heavy atom. The van der Waals surface area contributed by atoms with Crippen LogP contribution in [-0.4, -0.2) is 17.7 Å². The molecule has 3 heteroatoms. The quantitative estimate of drug-likeness (QED) is 0.898. The summed E-state index contributed by atoms with van der Waals surface area (Å²) in [6, 6.07) is 10.7. The Labute approximate surface area is 124 Å². The highest BCUT2D eigenvalue weighted by Gasteiger charge is 2.37. The van der Waals surface area contributed by atoms with Crippen molar-refractivity contribution in [2.24, 2.45) is 5.92 Å². The molecular formula is C17H23NOS. The Balaban J connectivity index is 1.90. The van der Waals surface area contributed by atoms with Gasteiger partial charge in [0, 0.05) is 15.6 Å². The highest BCUT2D eigenvalue weighted by molar-refractivity contribution is 7.19. The third kappa shape index (κ3) is 2.50. The first-order valence-corrected chi connectivity index (χ1v) is 8.37. The molecule has 0 amide bonds. The largest absolute Gasteiger partial charge is 0.383 e. The number of thiophene rings is 1. The van der Waals surface area contributed by atoms with Crippen LogP contribution in [0.1, 0.15) is 38.0 Å². The number of hydrogen-bond donors (Lipinski definition) is 2. The number of hydrogen-bond acceptors (Lipinski definition) is 3. The summed E-state index contributed by atoms with van der Waals surface area (Å²) in [6.07, 6.45) is 3.51. The fourth-order valence-electron chi connectivity index (χ4n) is 3.20. The molecule has 108 valence electrons. The Morgan fingerprint density at radius 3 is 2.95 bits per heavy atom. The van der Waals surface area contributed by atoms with E-state index in [1.165, 1.54) is 22.9 Å². The normalized spacial score (nSPS) is 26.6. The molecule has 2 nitrogen and oxygen atoms in total. The van der Waals surface area contributed by atoms with Gasteiger partial charge < -0.3 is 10.4 Å². The van der Waals surface area contributed by atoms with Crippen LogP contribution >= 0.6 is 11.3 Å². The highest BCUT2D eigenvalue weighted by Crippen LogP contribution is 2.38. The molecule has 1 aromatic carbocycles. The minimum absolute atomic E-state index is 0.161. The Morgan fingerprint density at radius 1 is 1.40 bits per heavy atom. The zero-order chi connectivity index (χ0) is 14.2. The van der Waals surface area contributed by atoms with Crippen molar-refractivity contribution in [1.82, 2.24) is 5.32 Å². The molecule has 0 spiro atoms. The van der Waals surface area contributed by atoms with E-state index in [1.54, 1.807) is 11.3 Å². The zero-order valence-corrected chi connectivity index (χ0v) is 13.0. The molecule has 1 aliphatic heterocycles. The van der Waals surface area contributed by atoms with Crippen LogP contribution in [0, 0.1) is 5.92 Å². The molecule has 0 radical (unpaired) electrons. The first kappa shape index (κ1) is 14.1. The summed E-state index contributed by atoms with van der Waals surface area (Å²) in [6.45, 7) is 5.23. The van der Waals surface area contributed by atoms with Crippen molar-refractivity contribution in [2.75, 3.05) is 6.54 Å². The molecule has 2 aromatic rings. The lowest BCUT2D eigenvalue weighted by atomic mass is 9.82. The number of rotatable bonds is 3. The van der Waals surface area contributed by atoms with Gasteiger partial charge in [0.1, 0.15) is 5.60 Å². The highest BCUT2D eigenvalue weighted by atomic mass is 32.1. The average Bonchev–Trinajstić information content (AvgIpc) is 2.92. The number of aliphatic hydroxyl groups is 1. The fourth-order valence-corrected chi connectivity index (χ4v) is 4.36. The van der Waals surface area contributed by atoms with E-state index in [9.17, 15) is 5.11 Å². The maximum atomic E-state index is 11.1. The van der Waals surface area contributed by atoms with Crippen molar-refractivity contribution in [3.8, 4) is 0 Å². The molecule has 0 aliphatic carbocycles. The minimum Gasteiger partial charge on any atom is -0.383 e. The van der Waals surface area contributed by atoms with Crippen LogP contribution in [-0.2, 0) is 5.60 Å². The predicted octanol–water partition coefficient (Wildman–Crippen LogP) is 3.89. The van der Waals surface area contributed by atoms with Crippen LogP contribution < -0.4 is 5.32 Å². The summed E-state index contributed by atoms with van der Waals surface area (Å²) >= 11 is 1.72. The van der Waals surface area contributed by atoms with Gasteiger partial charge in [-0.1, -0.05) is 31.5 Å². The second kappa shape index (κ2) is 5.47. The predicted molar refractivity (Wildman–Crippen MR) is 86.2 cm³/mol. The minimum atomic E-state index is -0.780. The maximum absolute atomic E-state index is 11.1. The molecule has 1 aliphatic rings. The third-order valence-corrected chi connectivity index (χ3v) is 6.04. The zero-order valence-electron chi connectivity index (χ0n) is 12.2. The monoisotopic (exact) mass is 289 g/mol. The number of piperidine rings is 1. The first-order valence-electron chi connectivity index (χ1n) is 7.56.